The number of thioether (sulfide) groups is 1. The first kappa shape index (κ1) is 24.8. The number of ether oxygens (including phenoxy) is 1. The molecule has 1 aliphatic rings. The van der Waals surface area contributed by atoms with Gasteiger partial charge in [-0.3, -0.25) is 14.4 Å². The van der Waals surface area contributed by atoms with Gasteiger partial charge in [0, 0.05) is 17.7 Å². The van der Waals surface area contributed by atoms with Gasteiger partial charge in [0.05, 0.1) is 22.1 Å². The minimum absolute atomic E-state index is 0.0333. The molecule has 2 amide bonds. The average molecular weight is 500 g/mol. The van der Waals surface area contributed by atoms with Crippen molar-refractivity contribution in [3.05, 3.63) is 88.6 Å². The molecule has 3 aromatic rings. The Balaban J connectivity index is 1.43. The van der Waals surface area contributed by atoms with Gasteiger partial charge in [-0.15, -0.1) is 0 Å². The molecule has 0 radical (unpaired) electrons. The maximum Gasteiger partial charge on any atom is 0.338 e. The molecule has 1 fully saturated rings. The third-order valence-corrected chi connectivity index (χ3v) is 6.75. The monoisotopic (exact) mass is 499 g/mol. The van der Waals surface area contributed by atoms with Crippen LogP contribution in [-0.4, -0.2) is 40.4 Å². The number of ketones is 1. The molecular formula is C27H21N3O5S. The summed E-state index contributed by atoms with van der Waals surface area (Å²) in [5.41, 5.74) is 2.81. The second-order valence-electron chi connectivity index (χ2n) is 8.16. The third kappa shape index (κ3) is 5.19. The summed E-state index contributed by atoms with van der Waals surface area (Å²) in [5.74, 6) is -1.82. The topological polar surface area (TPSA) is 117 Å². The van der Waals surface area contributed by atoms with E-state index in [0.717, 1.165) is 27.9 Å². The van der Waals surface area contributed by atoms with Crippen LogP contribution in [0.25, 0.3) is 0 Å². The molecule has 0 spiro atoms. The van der Waals surface area contributed by atoms with Crippen LogP contribution in [0, 0.1) is 25.2 Å². The average Bonchev–Trinajstić information content (AvgIpc) is 3.15. The van der Waals surface area contributed by atoms with Gasteiger partial charge < -0.3 is 4.74 Å². The molecule has 9 heteroatoms. The van der Waals surface area contributed by atoms with Gasteiger partial charge in [-0.25, -0.2) is 14.7 Å². The van der Waals surface area contributed by atoms with Gasteiger partial charge >= 0.3 is 5.97 Å². The number of hydrogen-bond acceptors (Lipinski definition) is 8. The van der Waals surface area contributed by atoms with E-state index in [1.54, 1.807) is 50.2 Å². The summed E-state index contributed by atoms with van der Waals surface area (Å²) in [6, 6.07) is 18.2. The number of carbonyl (C=O) groups excluding carboxylic acids is 4. The summed E-state index contributed by atoms with van der Waals surface area (Å²) in [4.78, 5) is 55.7. The lowest BCUT2D eigenvalue weighted by atomic mass is 10.1. The summed E-state index contributed by atoms with van der Waals surface area (Å²) in [7, 11) is 0. The minimum Gasteiger partial charge on any atom is -0.454 e. The fraction of sp³-hybridized carbons (Fsp3) is 0.185. The fourth-order valence-electron chi connectivity index (χ4n) is 3.79. The molecule has 1 aliphatic heterocycles. The second kappa shape index (κ2) is 10.5. The van der Waals surface area contributed by atoms with Crippen LogP contribution in [-0.2, 0) is 14.3 Å². The second-order valence-corrected chi connectivity index (χ2v) is 9.35. The maximum absolute atomic E-state index is 13.1. The molecule has 2 heterocycles. The molecule has 36 heavy (non-hydrogen) atoms. The molecule has 0 aliphatic carbocycles. The number of rotatable bonds is 7. The Bertz CT molecular complexity index is 1400. The van der Waals surface area contributed by atoms with E-state index >= 15 is 0 Å². The SMILES string of the molecule is Cc1cc(C)c(C#N)c(SC2CC(=O)N(c3ccc(C(=O)OCC(=O)c4ccccc4)cc3)C2=O)n1. The van der Waals surface area contributed by atoms with E-state index in [4.69, 9.17) is 4.74 Å². The highest BCUT2D eigenvalue weighted by atomic mass is 32.2. The number of aryl methyl sites for hydroxylation is 2. The van der Waals surface area contributed by atoms with E-state index < -0.39 is 23.7 Å². The number of imide groups is 1. The molecule has 2 aromatic carbocycles. The molecule has 1 saturated heterocycles. The summed E-state index contributed by atoms with van der Waals surface area (Å²) in [6.07, 6.45) is -0.0333. The Hall–Kier alpha value is -4.29. The molecule has 1 atom stereocenters. The van der Waals surface area contributed by atoms with Gasteiger partial charge in [0.25, 0.3) is 0 Å². The molecule has 1 unspecified atom stereocenters. The lowest BCUT2D eigenvalue weighted by molar-refractivity contribution is -0.121. The van der Waals surface area contributed by atoms with Crippen molar-refractivity contribution < 1.29 is 23.9 Å². The van der Waals surface area contributed by atoms with Crippen LogP contribution >= 0.6 is 11.8 Å². The van der Waals surface area contributed by atoms with E-state index in [1.807, 2.05) is 0 Å². The Morgan fingerprint density at radius 1 is 1.08 bits per heavy atom. The molecule has 0 bridgehead atoms. The Morgan fingerprint density at radius 2 is 1.78 bits per heavy atom. The van der Waals surface area contributed by atoms with E-state index in [0.29, 0.717) is 21.8 Å². The quantitative estimate of drug-likeness (QED) is 0.272. The molecule has 4 rings (SSSR count). The Kier molecular flexibility index (Phi) is 7.27. The smallest absolute Gasteiger partial charge is 0.338 e. The van der Waals surface area contributed by atoms with E-state index in [-0.39, 0.29) is 23.7 Å². The summed E-state index contributed by atoms with van der Waals surface area (Å²) < 4.78 is 5.10. The molecule has 1 aromatic heterocycles. The van der Waals surface area contributed by atoms with Crippen molar-refractivity contribution in [1.29, 1.82) is 5.26 Å². The van der Waals surface area contributed by atoms with Crippen molar-refractivity contribution in [3.8, 4) is 6.07 Å². The predicted molar refractivity (Wildman–Crippen MR) is 133 cm³/mol. The number of carbonyl (C=O) groups is 4. The van der Waals surface area contributed by atoms with E-state index in [1.165, 1.54) is 24.3 Å². The number of hydrogen-bond donors (Lipinski definition) is 0. The van der Waals surface area contributed by atoms with Crippen molar-refractivity contribution in [2.45, 2.75) is 30.5 Å². The zero-order chi connectivity index (χ0) is 25.8. The van der Waals surface area contributed by atoms with Gasteiger partial charge in [0.2, 0.25) is 11.8 Å². The highest BCUT2D eigenvalue weighted by Gasteiger charge is 2.41. The predicted octanol–water partition coefficient (Wildman–Crippen LogP) is 4.03. The first-order chi connectivity index (χ1) is 17.3. The summed E-state index contributed by atoms with van der Waals surface area (Å²) >= 11 is 1.10. The van der Waals surface area contributed by atoms with Crippen molar-refractivity contribution >= 4 is 41.0 Å². The summed E-state index contributed by atoms with van der Waals surface area (Å²) in [5, 5.41) is 9.19. The lowest BCUT2D eigenvalue weighted by Gasteiger charge is -2.15. The number of aromatic nitrogens is 1. The third-order valence-electron chi connectivity index (χ3n) is 5.57. The van der Waals surface area contributed by atoms with Crippen molar-refractivity contribution in [2.24, 2.45) is 0 Å². The lowest BCUT2D eigenvalue weighted by Crippen LogP contribution is -2.31. The van der Waals surface area contributed by atoms with Gasteiger partial charge in [-0.2, -0.15) is 5.26 Å². The van der Waals surface area contributed by atoms with Crippen LogP contribution < -0.4 is 4.90 Å². The zero-order valence-corrected chi connectivity index (χ0v) is 20.4. The number of nitriles is 1. The molecular weight excluding hydrogens is 478 g/mol. The zero-order valence-electron chi connectivity index (χ0n) is 19.6. The van der Waals surface area contributed by atoms with Gasteiger partial charge in [0.1, 0.15) is 11.1 Å². The molecule has 180 valence electrons. The van der Waals surface area contributed by atoms with Gasteiger partial charge in [-0.05, 0) is 49.7 Å². The van der Waals surface area contributed by atoms with Crippen LogP contribution in [0.15, 0.2) is 65.7 Å². The van der Waals surface area contributed by atoms with E-state index in [9.17, 15) is 24.4 Å². The largest absolute Gasteiger partial charge is 0.454 e. The van der Waals surface area contributed by atoms with E-state index in [2.05, 4.69) is 11.1 Å². The normalized spacial score (nSPS) is 15.0. The Labute approximate surface area is 211 Å². The number of Topliss-reactive ketones (excluding diaryl/α,β-unsaturated/α-hetero) is 1. The molecule has 8 nitrogen and oxygen atoms in total. The van der Waals surface area contributed by atoms with Crippen LogP contribution in [0.3, 0.4) is 0 Å². The van der Waals surface area contributed by atoms with Gasteiger partial charge in [0.15, 0.2) is 12.4 Å². The Morgan fingerprint density at radius 3 is 2.44 bits per heavy atom. The number of esters is 1. The number of benzene rings is 2. The first-order valence-corrected chi connectivity index (χ1v) is 11.9. The minimum atomic E-state index is -0.716. The maximum atomic E-state index is 13.1. The number of pyridine rings is 1. The highest BCUT2D eigenvalue weighted by molar-refractivity contribution is 8.00. The van der Waals surface area contributed by atoms with Crippen molar-refractivity contribution in [2.75, 3.05) is 11.5 Å². The highest BCUT2D eigenvalue weighted by Crippen LogP contribution is 2.35. The van der Waals surface area contributed by atoms with Crippen molar-refractivity contribution in [1.82, 2.24) is 4.98 Å². The van der Waals surface area contributed by atoms with Gasteiger partial charge in [-0.1, -0.05) is 42.1 Å². The molecule has 0 saturated carbocycles. The van der Waals surface area contributed by atoms with Crippen LogP contribution in [0.4, 0.5) is 5.69 Å². The standard InChI is InChI=1S/C27H21N3O5S/c1-16-12-17(2)29-25(21(16)14-28)36-23-13-24(32)30(26(23)33)20-10-8-19(9-11-20)27(34)35-15-22(31)18-6-4-3-5-7-18/h3-12,23H,13,15H2,1-2H3. The number of nitrogens with zero attached hydrogens (tertiary/aromatic N) is 3. The summed E-state index contributed by atoms with van der Waals surface area (Å²) in [6.45, 7) is 3.20. The van der Waals surface area contributed by atoms with Crippen LogP contribution in [0.1, 0.15) is 44.0 Å². The number of amides is 2. The number of anilines is 1. The first-order valence-electron chi connectivity index (χ1n) is 11.1. The fourth-order valence-corrected chi connectivity index (χ4v) is 5.02. The van der Waals surface area contributed by atoms with Crippen LogP contribution in [0.5, 0.6) is 0 Å². The molecule has 0 N–H and O–H groups in total. The van der Waals surface area contributed by atoms with Crippen LogP contribution in [0.2, 0.25) is 0 Å². The van der Waals surface area contributed by atoms with Crippen molar-refractivity contribution in [3.63, 3.8) is 0 Å².